The molecule has 0 aliphatic rings. The molecule has 2 rings (SSSR count). The van der Waals surface area contributed by atoms with Gasteiger partial charge in [-0.25, -0.2) is 4.39 Å². The average Bonchev–Trinajstić information content (AvgIpc) is 2.49. The molecule has 4 heteroatoms. The monoisotopic (exact) mass is 307 g/mol. The quantitative estimate of drug-likeness (QED) is 0.868. The molecule has 2 aromatic carbocycles. The van der Waals surface area contributed by atoms with Gasteiger partial charge in [-0.05, 0) is 33.0 Å². The van der Waals surface area contributed by atoms with Crippen LogP contribution in [0.15, 0.2) is 36.4 Å². The van der Waals surface area contributed by atoms with Gasteiger partial charge in [-0.2, -0.15) is 0 Å². The molecule has 21 heavy (non-hydrogen) atoms. The molecule has 2 aromatic rings. The van der Waals surface area contributed by atoms with Gasteiger partial charge < -0.3 is 10.1 Å². The van der Waals surface area contributed by atoms with Crippen LogP contribution in [0, 0.1) is 12.7 Å². The lowest BCUT2D eigenvalue weighted by Crippen LogP contribution is -2.14. The van der Waals surface area contributed by atoms with Gasteiger partial charge in [0.1, 0.15) is 18.2 Å². The van der Waals surface area contributed by atoms with E-state index in [4.69, 9.17) is 16.3 Å². The molecule has 0 bridgehead atoms. The molecule has 0 aliphatic heterocycles. The van der Waals surface area contributed by atoms with Crippen LogP contribution >= 0.6 is 11.6 Å². The van der Waals surface area contributed by atoms with Crippen LogP contribution in [-0.4, -0.2) is 7.05 Å². The molecule has 0 heterocycles. The first-order chi connectivity index (χ1) is 10.0. The number of hydrogen-bond acceptors (Lipinski definition) is 2. The Kier molecular flexibility index (Phi) is 5.21. The minimum atomic E-state index is -0.425. The van der Waals surface area contributed by atoms with Gasteiger partial charge in [0.15, 0.2) is 0 Å². The van der Waals surface area contributed by atoms with Gasteiger partial charge in [-0.3, -0.25) is 0 Å². The maximum absolute atomic E-state index is 13.4. The first kappa shape index (κ1) is 15.8. The topological polar surface area (TPSA) is 21.3 Å². The molecule has 1 N–H and O–H groups in total. The van der Waals surface area contributed by atoms with Crippen LogP contribution in [0.4, 0.5) is 4.39 Å². The van der Waals surface area contributed by atoms with E-state index in [1.165, 1.54) is 11.6 Å². The highest BCUT2D eigenvalue weighted by molar-refractivity contribution is 6.31. The Morgan fingerprint density at radius 2 is 2.05 bits per heavy atom. The van der Waals surface area contributed by atoms with E-state index in [1.807, 2.05) is 26.1 Å². The van der Waals surface area contributed by atoms with Gasteiger partial charge in [-0.15, -0.1) is 0 Å². The second kappa shape index (κ2) is 6.92. The number of aryl methyl sites for hydroxylation is 1. The maximum Gasteiger partial charge on any atom is 0.142 e. The summed E-state index contributed by atoms with van der Waals surface area (Å²) >= 11 is 5.95. The Balaban J connectivity index is 2.22. The van der Waals surface area contributed by atoms with Crippen molar-refractivity contribution in [2.24, 2.45) is 0 Å². The lowest BCUT2D eigenvalue weighted by molar-refractivity contribution is 0.299. The number of nitrogens with one attached hydrogen (secondary N) is 1. The Hall–Kier alpha value is -1.58. The summed E-state index contributed by atoms with van der Waals surface area (Å²) in [6.07, 6.45) is 0. The van der Waals surface area contributed by atoms with Crippen LogP contribution < -0.4 is 10.1 Å². The second-order valence-corrected chi connectivity index (χ2v) is 5.43. The zero-order valence-corrected chi connectivity index (χ0v) is 13.2. The van der Waals surface area contributed by atoms with E-state index < -0.39 is 5.82 Å². The predicted molar refractivity (Wildman–Crippen MR) is 84.4 cm³/mol. The number of ether oxygens (including phenoxy) is 1. The summed E-state index contributed by atoms with van der Waals surface area (Å²) in [5.41, 5.74) is 2.88. The van der Waals surface area contributed by atoms with Gasteiger partial charge in [-0.1, -0.05) is 41.4 Å². The fourth-order valence-corrected chi connectivity index (χ4v) is 2.29. The molecular weight excluding hydrogens is 289 g/mol. The van der Waals surface area contributed by atoms with Crippen molar-refractivity contribution in [2.75, 3.05) is 7.05 Å². The third-order valence-electron chi connectivity index (χ3n) is 3.48. The molecule has 0 spiro atoms. The second-order valence-electron chi connectivity index (χ2n) is 5.05. The SMILES string of the molecule is CNC(C)c1cc(C)ccc1OCc1cccc(F)c1Cl. The molecule has 0 radical (unpaired) electrons. The lowest BCUT2D eigenvalue weighted by Gasteiger charge is -2.17. The van der Waals surface area contributed by atoms with E-state index in [-0.39, 0.29) is 17.7 Å². The van der Waals surface area contributed by atoms with E-state index >= 15 is 0 Å². The first-order valence-corrected chi connectivity index (χ1v) is 7.24. The summed E-state index contributed by atoms with van der Waals surface area (Å²) in [7, 11) is 1.90. The molecule has 0 amide bonds. The summed E-state index contributed by atoms with van der Waals surface area (Å²) in [5, 5.41) is 3.32. The minimum absolute atomic E-state index is 0.118. The Labute approximate surface area is 129 Å². The van der Waals surface area contributed by atoms with Crippen molar-refractivity contribution in [1.29, 1.82) is 0 Å². The summed E-state index contributed by atoms with van der Waals surface area (Å²) in [4.78, 5) is 0. The van der Waals surface area contributed by atoms with E-state index in [0.29, 0.717) is 5.56 Å². The molecule has 0 aliphatic carbocycles. The molecule has 0 aromatic heterocycles. The smallest absolute Gasteiger partial charge is 0.142 e. The van der Waals surface area contributed by atoms with Crippen molar-refractivity contribution < 1.29 is 9.13 Å². The van der Waals surface area contributed by atoms with Gasteiger partial charge in [0, 0.05) is 17.2 Å². The van der Waals surface area contributed by atoms with Gasteiger partial charge in [0.25, 0.3) is 0 Å². The van der Waals surface area contributed by atoms with E-state index in [9.17, 15) is 4.39 Å². The van der Waals surface area contributed by atoms with E-state index in [1.54, 1.807) is 12.1 Å². The molecule has 2 nitrogen and oxygen atoms in total. The Bertz CT molecular complexity index is 630. The number of halogens is 2. The highest BCUT2D eigenvalue weighted by Crippen LogP contribution is 2.28. The normalized spacial score (nSPS) is 12.2. The zero-order chi connectivity index (χ0) is 15.4. The Morgan fingerprint density at radius 3 is 2.76 bits per heavy atom. The highest BCUT2D eigenvalue weighted by Gasteiger charge is 2.12. The molecule has 0 fully saturated rings. The van der Waals surface area contributed by atoms with E-state index in [0.717, 1.165) is 11.3 Å². The van der Waals surface area contributed by atoms with Crippen molar-refractivity contribution in [2.45, 2.75) is 26.5 Å². The largest absolute Gasteiger partial charge is 0.489 e. The van der Waals surface area contributed by atoms with E-state index in [2.05, 4.69) is 18.3 Å². The lowest BCUT2D eigenvalue weighted by atomic mass is 10.0. The summed E-state index contributed by atoms with van der Waals surface area (Å²) in [5.74, 6) is 0.355. The zero-order valence-electron chi connectivity index (χ0n) is 12.4. The standard InChI is InChI=1S/C17H19ClFNO/c1-11-7-8-16(14(9-11)12(2)20-3)21-10-13-5-4-6-15(19)17(13)18/h4-9,12,20H,10H2,1-3H3. The van der Waals surface area contributed by atoms with Crippen LogP contribution in [0.5, 0.6) is 5.75 Å². The average molecular weight is 308 g/mol. The summed E-state index contributed by atoms with van der Waals surface area (Å²) in [6, 6.07) is 10.9. The molecule has 1 unspecified atom stereocenters. The fraction of sp³-hybridized carbons (Fsp3) is 0.294. The molecule has 0 saturated heterocycles. The summed E-state index contributed by atoms with van der Waals surface area (Å²) < 4.78 is 19.3. The van der Waals surface area contributed by atoms with Crippen LogP contribution in [0.3, 0.4) is 0 Å². The third kappa shape index (κ3) is 3.74. The van der Waals surface area contributed by atoms with Crippen molar-refractivity contribution in [3.63, 3.8) is 0 Å². The summed E-state index contributed by atoms with van der Waals surface area (Å²) in [6.45, 7) is 4.35. The Morgan fingerprint density at radius 1 is 1.29 bits per heavy atom. The van der Waals surface area contributed by atoms with Gasteiger partial charge in [0.05, 0.1) is 5.02 Å². The van der Waals surface area contributed by atoms with Crippen LogP contribution in [0.2, 0.25) is 5.02 Å². The van der Waals surface area contributed by atoms with Crippen LogP contribution in [0.1, 0.15) is 29.7 Å². The number of rotatable bonds is 5. The first-order valence-electron chi connectivity index (χ1n) is 6.86. The number of hydrogen-bond donors (Lipinski definition) is 1. The molecule has 1 atom stereocenters. The van der Waals surface area contributed by atoms with Crippen LogP contribution in [0.25, 0.3) is 0 Å². The van der Waals surface area contributed by atoms with Gasteiger partial charge in [0.2, 0.25) is 0 Å². The van der Waals surface area contributed by atoms with Crippen molar-refractivity contribution in [3.8, 4) is 5.75 Å². The van der Waals surface area contributed by atoms with Crippen molar-refractivity contribution in [1.82, 2.24) is 5.32 Å². The highest BCUT2D eigenvalue weighted by atomic mass is 35.5. The fourth-order valence-electron chi connectivity index (χ4n) is 2.11. The maximum atomic E-state index is 13.4. The third-order valence-corrected chi connectivity index (χ3v) is 3.90. The number of benzene rings is 2. The van der Waals surface area contributed by atoms with Crippen LogP contribution in [-0.2, 0) is 6.61 Å². The molecule has 112 valence electrons. The minimum Gasteiger partial charge on any atom is -0.489 e. The molecule has 0 saturated carbocycles. The van der Waals surface area contributed by atoms with Crippen molar-refractivity contribution >= 4 is 11.6 Å². The predicted octanol–water partition coefficient (Wildman–Crippen LogP) is 4.65. The van der Waals surface area contributed by atoms with Gasteiger partial charge >= 0.3 is 0 Å². The van der Waals surface area contributed by atoms with Crippen molar-refractivity contribution in [3.05, 3.63) is 63.9 Å². The molecular formula is C17H19ClFNO.